The monoisotopic (exact) mass is 290 g/mol. The minimum atomic E-state index is -4.51. The molecule has 0 aliphatic rings. The quantitative estimate of drug-likeness (QED) is 0.478. The Hall–Kier alpha value is -1.74. The van der Waals surface area contributed by atoms with Crippen LogP contribution >= 0.6 is 11.6 Å². The van der Waals surface area contributed by atoms with Crippen molar-refractivity contribution in [1.29, 1.82) is 5.26 Å². The van der Waals surface area contributed by atoms with Crippen LogP contribution in [0.4, 0.5) is 13.2 Å². The molecule has 19 heavy (non-hydrogen) atoms. The predicted octanol–water partition coefficient (Wildman–Crippen LogP) is 4.01. The number of hydrogen-bond donors (Lipinski definition) is 0. The largest absolute Gasteiger partial charge is 0.417 e. The molecule has 0 atom stereocenters. The van der Waals surface area contributed by atoms with Crippen molar-refractivity contribution in [2.24, 2.45) is 5.16 Å². The highest BCUT2D eigenvalue weighted by molar-refractivity contribution is 6.31. The van der Waals surface area contributed by atoms with Crippen LogP contribution in [0.1, 0.15) is 24.5 Å². The highest BCUT2D eigenvalue weighted by atomic mass is 35.5. The van der Waals surface area contributed by atoms with Crippen LogP contribution < -0.4 is 0 Å². The van der Waals surface area contributed by atoms with Crippen LogP contribution in [0, 0.1) is 11.3 Å². The average Bonchev–Trinajstić information content (AvgIpc) is 2.33. The van der Waals surface area contributed by atoms with Crippen LogP contribution in [0.25, 0.3) is 0 Å². The van der Waals surface area contributed by atoms with Gasteiger partial charge in [0, 0.05) is 10.6 Å². The van der Waals surface area contributed by atoms with Crippen LogP contribution in [0.3, 0.4) is 0 Å². The van der Waals surface area contributed by atoms with Gasteiger partial charge in [0.2, 0.25) is 6.61 Å². The van der Waals surface area contributed by atoms with E-state index in [-0.39, 0.29) is 29.3 Å². The molecule has 0 aliphatic heterocycles. The van der Waals surface area contributed by atoms with Crippen LogP contribution in [0.2, 0.25) is 5.02 Å². The van der Waals surface area contributed by atoms with Crippen molar-refractivity contribution in [2.45, 2.75) is 19.5 Å². The van der Waals surface area contributed by atoms with Crippen molar-refractivity contribution in [1.82, 2.24) is 0 Å². The van der Waals surface area contributed by atoms with E-state index in [0.29, 0.717) is 0 Å². The maximum absolute atomic E-state index is 12.9. The molecule has 0 saturated heterocycles. The van der Waals surface area contributed by atoms with Crippen molar-refractivity contribution in [2.75, 3.05) is 6.61 Å². The fourth-order valence-corrected chi connectivity index (χ4v) is 1.62. The molecule has 0 aliphatic carbocycles. The molecule has 0 unspecified atom stereocenters. The molecule has 102 valence electrons. The van der Waals surface area contributed by atoms with Gasteiger partial charge in [-0.3, -0.25) is 0 Å². The number of nitriles is 1. The lowest BCUT2D eigenvalue weighted by molar-refractivity contribution is -0.137. The summed E-state index contributed by atoms with van der Waals surface area (Å²) in [5, 5.41) is 12.0. The molecule has 0 aromatic heterocycles. The van der Waals surface area contributed by atoms with Crippen LogP contribution in [-0.4, -0.2) is 12.3 Å². The molecular weight excluding hydrogens is 281 g/mol. The van der Waals surface area contributed by atoms with E-state index >= 15 is 0 Å². The molecular formula is C12H10ClF3N2O. The predicted molar refractivity (Wildman–Crippen MR) is 64.8 cm³/mol. The summed E-state index contributed by atoms with van der Waals surface area (Å²) in [4.78, 5) is 4.61. The third-order valence-corrected chi connectivity index (χ3v) is 2.47. The van der Waals surface area contributed by atoms with E-state index in [2.05, 4.69) is 9.99 Å². The van der Waals surface area contributed by atoms with Gasteiger partial charge in [-0.15, -0.1) is 0 Å². The lowest BCUT2D eigenvalue weighted by atomic mass is 10.0. The standard InChI is InChI=1S/C12H10ClF3N2O/c1-2-11(18-19-6-5-17)9-7-8(13)3-4-10(9)12(14,15)16/h3-4,7H,2,6H2,1H3. The second kappa shape index (κ2) is 6.43. The maximum atomic E-state index is 12.9. The van der Waals surface area contributed by atoms with Gasteiger partial charge in [0.15, 0.2) is 0 Å². The van der Waals surface area contributed by atoms with Gasteiger partial charge < -0.3 is 4.84 Å². The molecule has 0 heterocycles. The summed E-state index contributed by atoms with van der Waals surface area (Å²) in [6.45, 7) is 1.31. The van der Waals surface area contributed by atoms with Gasteiger partial charge >= 0.3 is 6.18 Å². The number of benzene rings is 1. The van der Waals surface area contributed by atoms with E-state index in [1.54, 1.807) is 13.0 Å². The minimum Gasteiger partial charge on any atom is -0.380 e. The van der Waals surface area contributed by atoms with E-state index in [9.17, 15) is 13.2 Å². The molecule has 1 rings (SSSR count). The second-order valence-electron chi connectivity index (χ2n) is 3.51. The lowest BCUT2D eigenvalue weighted by Gasteiger charge is -2.13. The number of nitrogens with zero attached hydrogens (tertiary/aromatic N) is 2. The zero-order chi connectivity index (χ0) is 14.5. The Kier molecular flexibility index (Phi) is 5.19. The molecule has 1 aromatic carbocycles. The number of halogens is 4. The normalized spacial score (nSPS) is 12.1. The topological polar surface area (TPSA) is 45.4 Å². The Morgan fingerprint density at radius 3 is 2.68 bits per heavy atom. The molecule has 0 radical (unpaired) electrons. The number of rotatable bonds is 4. The Bertz CT molecular complexity index is 521. The summed E-state index contributed by atoms with van der Waals surface area (Å²) in [7, 11) is 0. The first kappa shape index (κ1) is 15.3. The molecule has 0 spiro atoms. The Morgan fingerprint density at radius 1 is 1.47 bits per heavy atom. The molecule has 0 fully saturated rings. The van der Waals surface area contributed by atoms with Crippen molar-refractivity contribution >= 4 is 17.3 Å². The van der Waals surface area contributed by atoms with E-state index in [1.165, 1.54) is 6.07 Å². The number of hydrogen-bond acceptors (Lipinski definition) is 3. The summed E-state index contributed by atoms with van der Waals surface area (Å²) < 4.78 is 38.6. The fraction of sp³-hybridized carbons (Fsp3) is 0.333. The molecule has 1 aromatic rings. The lowest BCUT2D eigenvalue weighted by Crippen LogP contribution is -2.13. The highest BCUT2D eigenvalue weighted by Crippen LogP contribution is 2.34. The van der Waals surface area contributed by atoms with E-state index < -0.39 is 11.7 Å². The fourth-order valence-electron chi connectivity index (χ4n) is 1.45. The Balaban J connectivity index is 3.26. The van der Waals surface area contributed by atoms with Crippen molar-refractivity contribution < 1.29 is 18.0 Å². The third kappa shape index (κ3) is 4.14. The molecule has 0 bridgehead atoms. The first-order valence-electron chi connectivity index (χ1n) is 5.33. The van der Waals surface area contributed by atoms with Crippen LogP contribution in [0.15, 0.2) is 23.4 Å². The van der Waals surface area contributed by atoms with Crippen molar-refractivity contribution in [3.63, 3.8) is 0 Å². The summed E-state index contributed by atoms with van der Waals surface area (Å²) in [6.07, 6.45) is -4.29. The Morgan fingerprint density at radius 2 is 2.16 bits per heavy atom. The van der Waals surface area contributed by atoms with Gasteiger partial charge in [0.1, 0.15) is 6.07 Å². The second-order valence-corrected chi connectivity index (χ2v) is 3.95. The zero-order valence-electron chi connectivity index (χ0n) is 9.96. The summed E-state index contributed by atoms with van der Waals surface area (Å²) in [5.74, 6) is 0. The van der Waals surface area contributed by atoms with Gasteiger partial charge in [0.25, 0.3) is 0 Å². The average molecular weight is 291 g/mol. The van der Waals surface area contributed by atoms with E-state index in [1.807, 2.05) is 0 Å². The smallest absolute Gasteiger partial charge is 0.380 e. The van der Waals surface area contributed by atoms with Crippen molar-refractivity contribution in [3.05, 3.63) is 34.3 Å². The number of alkyl halides is 3. The SMILES string of the molecule is CCC(=NOCC#N)c1cc(Cl)ccc1C(F)(F)F. The van der Waals surface area contributed by atoms with Gasteiger partial charge in [-0.1, -0.05) is 23.7 Å². The van der Waals surface area contributed by atoms with E-state index in [4.69, 9.17) is 16.9 Å². The van der Waals surface area contributed by atoms with Gasteiger partial charge in [-0.25, -0.2) is 0 Å². The molecule has 0 saturated carbocycles. The van der Waals surface area contributed by atoms with Crippen molar-refractivity contribution in [3.8, 4) is 6.07 Å². The summed E-state index contributed by atoms with van der Waals surface area (Å²) >= 11 is 5.71. The first-order valence-corrected chi connectivity index (χ1v) is 5.70. The zero-order valence-corrected chi connectivity index (χ0v) is 10.7. The Labute approximate surface area is 113 Å². The van der Waals surface area contributed by atoms with Gasteiger partial charge in [-0.05, 0) is 24.6 Å². The summed E-state index contributed by atoms with van der Waals surface area (Å²) in [6, 6.07) is 4.92. The van der Waals surface area contributed by atoms with E-state index in [0.717, 1.165) is 12.1 Å². The maximum Gasteiger partial charge on any atom is 0.417 e. The third-order valence-electron chi connectivity index (χ3n) is 2.24. The first-order chi connectivity index (χ1) is 8.90. The van der Waals surface area contributed by atoms with Gasteiger partial charge in [0.05, 0.1) is 11.3 Å². The van der Waals surface area contributed by atoms with Crippen LogP contribution in [0.5, 0.6) is 0 Å². The molecule has 0 amide bonds. The highest BCUT2D eigenvalue weighted by Gasteiger charge is 2.34. The minimum absolute atomic E-state index is 0.0880. The molecule has 7 heteroatoms. The molecule has 3 nitrogen and oxygen atoms in total. The number of oxime groups is 1. The molecule has 0 N–H and O–H groups in total. The van der Waals surface area contributed by atoms with Crippen LogP contribution in [-0.2, 0) is 11.0 Å². The van der Waals surface area contributed by atoms with Gasteiger partial charge in [-0.2, -0.15) is 18.4 Å². The summed E-state index contributed by atoms with van der Waals surface area (Å²) in [5.41, 5.74) is -0.886.